The first kappa shape index (κ1) is 32.9. The van der Waals surface area contributed by atoms with Gasteiger partial charge in [0, 0.05) is 50.7 Å². The molecule has 0 bridgehead atoms. The van der Waals surface area contributed by atoms with Gasteiger partial charge in [-0.1, -0.05) is 37.3 Å². The van der Waals surface area contributed by atoms with E-state index in [4.69, 9.17) is 4.74 Å². The number of benzene rings is 2. The molecule has 2 aromatic carbocycles. The fraction of sp³-hybridized carbons (Fsp3) is 0.516. The number of carbonyl (C=O) groups is 3. The summed E-state index contributed by atoms with van der Waals surface area (Å²) in [6.07, 6.45) is -2.57. The number of ether oxygens (including phenoxy) is 1. The number of nitrogens with one attached hydrogen (secondary N) is 2. The molecule has 1 aliphatic heterocycles. The molecule has 42 heavy (non-hydrogen) atoms. The summed E-state index contributed by atoms with van der Waals surface area (Å²) in [7, 11) is 1.63. The van der Waals surface area contributed by atoms with Gasteiger partial charge < -0.3 is 25.2 Å². The third-order valence-electron chi connectivity index (χ3n) is 7.49. The summed E-state index contributed by atoms with van der Waals surface area (Å²) in [5.41, 5.74) is -2.62. The molecule has 0 saturated carbocycles. The highest BCUT2D eigenvalue weighted by atomic mass is 19.4. The summed E-state index contributed by atoms with van der Waals surface area (Å²) >= 11 is 0. The first-order valence-corrected chi connectivity index (χ1v) is 14.3. The highest BCUT2D eigenvalue weighted by molar-refractivity contribution is 5.98. The number of hydrogen-bond donors (Lipinski definition) is 2. The molecule has 1 unspecified atom stereocenters. The standard InChI is InChI=1S/C31H41F3N4O4/c1-6-28(40)36-15-16-37(5)26-17-24(29(41)38(21(2)3)23-13-10-14-35-19-23)25(31(32,33)34)18-27(26)42-30(4,20-39)22-11-8-7-9-12-22/h7-9,11-12,17-18,20-21,23,35H,6,10,13-16,19H2,1-5H3,(H,36,40)/t23-,30?/m1/s1. The zero-order valence-corrected chi connectivity index (χ0v) is 24.9. The summed E-state index contributed by atoms with van der Waals surface area (Å²) < 4.78 is 50.0. The predicted molar refractivity (Wildman–Crippen MR) is 156 cm³/mol. The molecule has 230 valence electrons. The molecular weight excluding hydrogens is 549 g/mol. The van der Waals surface area contributed by atoms with Crippen molar-refractivity contribution in [3.8, 4) is 5.75 Å². The van der Waals surface area contributed by atoms with Gasteiger partial charge in [0.05, 0.1) is 16.8 Å². The van der Waals surface area contributed by atoms with E-state index >= 15 is 0 Å². The number of anilines is 1. The van der Waals surface area contributed by atoms with Crippen LogP contribution in [0, 0.1) is 0 Å². The van der Waals surface area contributed by atoms with Crippen LogP contribution in [0.5, 0.6) is 5.75 Å². The molecular formula is C31H41F3N4O4. The molecule has 2 aromatic rings. The molecule has 0 spiro atoms. The lowest BCUT2D eigenvalue weighted by atomic mass is 9.96. The lowest BCUT2D eigenvalue weighted by Gasteiger charge is -2.38. The van der Waals surface area contributed by atoms with Gasteiger partial charge in [-0.05, 0) is 52.3 Å². The first-order chi connectivity index (χ1) is 19.8. The van der Waals surface area contributed by atoms with Crippen molar-refractivity contribution in [2.75, 3.05) is 38.1 Å². The number of aldehydes is 1. The fourth-order valence-electron chi connectivity index (χ4n) is 5.15. The smallest absolute Gasteiger partial charge is 0.417 e. The molecule has 0 radical (unpaired) electrons. The van der Waals surface area contributed by atoms with E-state index in [0.29, 0.717) is 24.8 Å². The van der Waals surface area contributed by atoms with E-state index in [0.717, 1.165) is 19.0 Å². The van der Waals surface area contributed by atoms with Crippen molar-refractivity contribution in [2.45, 2.75) is 70.8 Å². The maximum Gasteiger partial charge on any atom is 0.417 e. The van der Waals surface area contributed by atoms with Crippen LogP contribution in [0.25, 0.3) is 0 Å². The maximum atomic E-state index is 14.6. The predicted octanol–water partition coefficient (Wildman–Crippen LogP) is 4.76. The van der Waals surface area contributed by atoms with Gasteiger partial charge in [0.25, 0.3) is 5.91 Å². The highest BCUT2D eigenvalue weighted by Crippen LogP contribution is 2.42. The van der Waals surface area contributed by atoms with Crippen LogP contribution in [0.15, 0.2) is 42.5 Å². The topological polar surface area (TPSA) is 91.0 Å². The summed E-state index contributed by atoms with van der Waals surface area (Å²) in [4.78, 5) is 41.2. The molecule has 2 N–H and O–H groups in total. The summed E-state index contributed by atoms with van der Waals surface area (Å²) in [6, 6.07) is 9.87. The third-order valence-corrected chi connectivity index (χ3v) is 7.49. The highest BCUT2D eigenvalue weighted by Gasteiger charge is 2.41. The average Bonchev–Trinajstić information content (AvgIpc) is 2.97. The number of hydrogen-bond acceptors (Lipinski definition) is 6. The second-order valence-corrected chi connectivity index (χ2v) is 11.0. The van der Waals surface area contributed by atoms with E-state index < -0.39 is 28.8 Å². The van der Waals surface area contributed by atoms with Crippen molar-refractivity contribution in [1.29, 1.82) is 0 Å². The molecule has 1 saturated heterocycles. The van der Waals surface area contributed by atoms with Crippen LogP contribution < -0.4 is 20.3 Å². The van der Waals surface area contributed by atoms with E-state index in [-0.39, 0.29) is 48.9 Å². The largest absolute Gasteiger partial charge is 0.473 e. The summed E-state index contributed by atoms with van der Waals surface area (Å²) in [5.74, 6) is -1.11. The van der Waals surface area contributed by atoms with Crippen LogP contribution >= 0.6 is 0 Å². The number of rotatable bonds is 12. The van der Waals surface area contributed by atoms with Crippen molar-refractivity contribution in [2.24, 2.45) is 0 Å². The Morgan fingerprint density at radius 2 is 1.88 bits per heavy atom. The van der Waals surface area contributed by atoms with Crippen LogP contribution in [-0.2, 0) is 21.4 Å². The molecule has 3 rings (SSSR count). The number of carbonyl (C=O) groups excluding carboxylic acids is 3. The zero-order chi connectivity index (χ0) is 31.1. The Labute approximate surface area is 245 Å². The minimum Gasteiger partial charge on any atom is -0.473 e. The Bertz CT molecular complexity index is 1230. The van der Waals surface area contributed by atoms with Gasteiger partial charge in [-0.2, -0.15) is 13.2 Å². The first-order valence-electron chi connectivity index (χ1n) is 14.3. The van der Waals surface area contributed by atoms with Crippen molar-refractivity contribution in [1.82, 2.24) is 15.5 Å². The number of alkyl halides is 3. The molecule has 1 fully saturated rings. The summed E-state index contributed by atoms with van der Waals surface area (Å²) in [6.45, 7) is 8.47. The van der Waals surface area contributed by atoms with Gasteiger partial charge in [0.2, 0.25) is 5.91 Å². The second-order valence-electron chi connectivity index (χ2n) is 11.0. The Kier molecular flexibility index (Phi) is 11.0. The lowest BCUT2D eigenvalue weighted by Crippen LogP contribution is -2.52. The Morgan fingerprint density at radius 1 is 1.19 bits per heavy atom. The van der Waals surface area contributed by atoms with Crippen LogP contribution in [0.4, 0.5) is 18.9 Å². The zero-order valence-electron chi connectivity index (χ0n) is 24.9. The number of amides is 2. The third kappa shape index (κ3) is 7.81. The fourth-order valence-corrected chi connectivity index (χ4v) is 5.15. The van der Waals surface area contributed by atoms with E-state index in [1.54, 1.807) is 63.1 Å². The van der Waals surface area contributed by atoms with Gasteiger partial charge >= 0.3 is 6.18 Å². The quantitative estimate of drug-likeness (QED) is 0.347. The SMILES string of the molecule is CCC(=O)NCCN(C)c1cc(C(=O)N(C(C)C)[C@@H]2CCCNC2)c(C(F)(F)F)cc1OC(C)(C=O)c1ccccc1. The van der Waals surface area contributed by atoms with Gasteiger partial charge in [0.1, 0.15) is 5.75 Å². The molecule has 1 aliphatic rings. The number of halogens is 3. The summed E-state index contributed by atoms with van der Waals surface area (Å²) in [5, 5.41) is 5.98. The maximum absolute atomic E-state index is 14.6. The minimum absolute atomic E-state index is 0.172. The van der Waals surface area contributed by atoms with Crippen LogP contribution in [0.1, 0.15) is 68.4 Å². The molecule has 11 heteroatoms. The molecule has 2 atom stereocenters. The van der Waals surface area contributed by atoms with Crippen molar-refractivity contribution in [3.63, 3.8) is 0 Å². The number of nitrogens with zero attached hydrogens (tertiary/aromatic N) is 2. The van der Waals surface area contributed by atoms with E-state index in [1.165, 1.54) is 17.9 Å². The Morgan fingerprint density at radius 3 is 2.43 bits per heavy atom. The van der Waals surface area contributed by atoms with Crippen LogP contribution in [-0.4, -0.2) is 68.3 Å². The molecule has 2 amide bonds. The molecule has 8 nitrogen and oxygen atoms in total. The van der Waals surface area contributed by atoms with E-state index in [2.05, 4.69) is 10.6 Å². The second kappa shape index (κ2) is 14.0. The normalized spacial score (nSPS) is 16.8. The van der Waals surface area contributed by atoms with Crippen molar-refractivity contribution < 1.29 is 32.3 Å². The molecule has 1 heterocycles. The molecule has 0 aliphatic carbocycles. The van der Waals surface area contributed by atoms with Crippen molar-refractivity contribution >= 4 is 23.8 Å². The Balaban J connectivity index is 2.17. The number of piperidine rings is 1. The van der Waals surface area contributed by atoms with Gasteiger partial charge in [-0.3, -0.25) is 14.4 Å². The minimum atomic E-state index is -4.88. The van der Waals surface area contributed by atoms with Gasteiger partial charge in [-0.25, -0.2) is 0 Å². The monoisotopic (exact) mass is 590 g/mol. The van der Waals surface area contributed by atoms with Crippen LogP contribution in [0.2, 0.25) is 0 Å². The van der Waals surface area contributed by atoms with Gasteiger partial charge in [0.15, 0.2) is 11.9 Å². The molecule has 0 aromatic heterocycles. The van der Waals surface area contributed by atoms with Gasteiger partial charge in [-0.15, -0.1) is 0 Å². The average molecular weight is 591 g/mol. The number of likely N-dealkylation sites (N-methyl/N-ethyl adjacent to an activating group) is 1. The van der Waals surface area contributed by atoms with E-state index in [9.17, 15) is 27.6 Å². The lowest BCUT2D eigenvalue weighted by molar-refractivity contribution is -0.138. The Hall–Kier alpha value is -3.60. The van der Waals surface area contributed by atoms with E-state index in [1.807, 2.05) is 0 Å². The van der Waals surface area contributed by atoms with Crippen molar-refractivity contribution in [3.05, 3.63) is 59.2 Å². The van der Waals surface area contributed by atoms with Crippen LogP contribution in [0.3, 0.4) is 0 Å².